The summed E-state index contributed by atoms with van der Waals surface area (Å²) in [4.78, 5) is 36.7. The molecular weight excluding hydrogens is 374 g/mol. The molecule has 10 heteroatoms. The average molecular weight is 389 g/mol. The van der Waals surface area contributed by atoms with Crippen molar-refractivity contribution in [2.75, 3.05) is 19.5 Å². The van der Waals surface area contributed by atoms with Crippen molar-refractivity contribution in [2.45, 2.75) is 6.92 Å². The summed E-state index contributed by atoms with van der Waals surface area (Å²) >= 11 is 0.926. The van der Waals surface area contributed by atoms with Crippen LogP contribution in [0.5, 0.6) is 0 Å². The van der Waals surface area contributed by atoms with Crippen LogP contribution in [0.25, 0.3) is 11.5 Å². The van der Waals surface area contributed by atoms with Crippen molar-refractivity contribution in [1.29, 1.82) is 0 Å². The summed E-state index contributed by atoms with van der Waals surface area (Å²) in [5, 5.41) is 9.42. The Morgan fingerprint density at radius 3 is 2.59 bits per heavy atom. The van der Waals surface area contributed by atoms with Gasteiger partial charge in [0.25, 0.3) is 5.91 Å². The fourth-order valence-corrected chi connectivity index (χ4v) is 3.51. The van der Waals surface area contributed by atoms with Crippen LogP contribution in [0.4, 0.5) is 5.00 Å². The van der Waals surface area contributed by atoms with Crippen molar-refractivity contribution >= 4 is 34.2 Å². The average Bonchev–Trinajstić information content (AvgIpc) is 3.40. The van der Waals surface area contributed by atoms with Gasteiger partial charge in [-0.1, -0.05) is 0 Å². The van der Waals surface area contributed by atoms with Crippen LogP contribution in [0.3, 0.4) is 0 Å². The Kier molecular flexibility index (Phi) is 5.08. The van der Waals surface area contributed by atoms with Crippen molar-refractivity contribution in [1.82, 2.24) is 10.2 Å². The maximum absolute atomic E-state index is 12.5. The SMILES string of the molecule is COC(=O)c1sc(NC(=O)c2cc(-c3ccco3)[nH]n2)c(C(=O)OC)c1C. The Bertz CT molecular complexity index is 1000. The quantitative estimate of drug-likeness (QED) is 0.643. The lowest BCUT2D eigenvalue weighted by molar-refractivity contribution is 0.0601. The Hall–Kier alpha value is -3.40. The van der Waals surface area contributed by atoms with E-state index in [9.17, 15) is 14.4 Å². The molecule has 0 spiro atoms. The summed E-state index contributed by atoms with van der Waals surface area (Å²) in [5.41, 5.74) is 1.07. The zero-order valence-electron chi connectivity index (χ0n) is 14.6. The molecule has 9 nitrogen and oxygen atoms in total. The van der Waals surface area contributed by atoms with E-state index in [4.69, 9.17) is 13.9 Å². The molecule has 3 aromatic rings. The predicted molar refractivity (Wildman–Crippen MR) is 96.0 cm³/mol. The molecule has 0 atom stereocenters. The number of aromatic nitrogens is 2. The fourth-order valence-electron chi connectivity index (χ4n) is 2.40. The van der Waals surface area contributed by atoms with Gasteiger partial charge in [-0.15, -0.1) is 11.3 Å². The molecule has 140 valence electrons. The first-order valence-corrected chi connectivity index (χ1v) is 8.48. The zero-order chi connectivity index (χ0) is 19.6. The number of carbonyl (C=O) groups excluding carboxylic acids is 3. The van der Waals surface area contributed by atoms with Gasteiger partial charge >= 0.3 is 11.9 Å². The van der Waals surface area contributed by atoms with Crippen LogP contribution < -0.4 is 5.32 Å². The number of rotatable bonds is 5. The van der Waals surface area contributed by atoms with Crippen LogP contribution in [0.1, 0.15) is 36.1 Å². The zero-order valence-corrected chi connectivity index (χ0v) is 15.4. The Morgan fingerprint density at radius 1 is 1.22 bits per heavy atom. The van der Waals surface area contributed by atoms with Gasteiger partial charge in [-0.2, -0.15) is 5.10 Å². The summed E-state index contributed by atoms with van der Waals surface area (Å²) in [6.07, 6.45) is 1.50. The molecule has 0 radical (unpaired) electrons. The van der Waals surface area contributed by atoms with E-state index in [0.717, 1.165) is 11.3 Å². The minimum absolute atomic E-state index is 0.0860. The lowest BCUT2D eigenvalue weighted by Crippen LogP contribution is -2.14. The van der Waals surface area contributed by atoms with Crippen LogP contribution in [-0.4, -0.2) is 42.3 Å². The Labute approximate surface area is 157 Å². The highest BCUT2D eigenvalue weighted by Gasteiger charge is 2.27. The molecule has 0 aromatic carbocycles. The van der Waals surface area contributed by atoms with Crippen LogP contribution >= 0.6 is 11.3 Å². The van der Waals surface area contributed by atoms with Gasteiger partial charge in [-0.25, -0.2) is 9.59 Å². The number of thiophene rings is 1. The van der Waals surface area contributed by atoms with E-state index >= 15 is 0 Å². The number of methoxy groups -OCH3 is 2. The van der Waals surface area contributed by atoms with E-state index in [0.29, 0.717) is 17.0 Å². The molecule has 0 saturated carbocycles. The van der Waals surface area contributed by atoms with Gasteiger partial charge in [-0.3, -0.25) is 9.89 Å². The van der Waals surface area contributed by atoms with Crippen molar-refractivity contribution < 1.29 is 28.3 Å². The van der Waals surface area contributed by atoms with Gasteiger partial charge < -0.3 is 19.2 Å². The second-order valence-electron chi connectivity index (χ2n) is 5.34. The van der Waals surface area contributed by atoms with E-state index in [1.165, 1.54) is 26.5 Å². The summed E-state index contributed by atoms with van der Waals surface area (Å²) in [7, 11) is 2.45. The largest absolute Gasteiger partial charge is 0.465 e. The second kappa shape index (κ2) is 7.46. The maximum atomic E-state index is 12.5. The Balaban J connectivity index is 1.91. The monoisotopic (exact) mass is 389 g/mol. The summed E-state index contributed by atoms with van der Waals surface area (Å²) < 4.78 is 14.7. The molecule has 1 amide bonds. The third-order valence-corrected chi connectivity index (χ3v) is 4.92. The maximum Gasteiger partial charge on any atom is 0.348 e. The second-order valence-corrected chi connectivity index (χ2v) is 6.36. The summed E-state index contributed by atoms with van der Waals surface area (Å²) in [6, 6.07) is 4.94. The van der Waals surface area contributed by atoms with E-state index < -0.39 is 17.8 Å². The molecule has 0 aliphatic rings. The molecule has 3 heterocycles. The minimum Gasteiger partial charge on any atom is -0.465 e. The number of esters is 2. The molecule has 0 fully saturated rings. The third-order valence-electron chi connectivity index (χ3n) is 3.73. The molecule has 0 saturated heterocycles. The van der Waals surface area contributed by atoms with E-state index in [1.807, 2.05) is 0 Å². The first kappa shape index (κ1) is 18.4. The molecule has 0 unspecified atom stereocenters. The highest BCUT2D eigenvalue weighted by molar-refractivity contribution is 7.18. The number of ether oxygens (including phenoxy) is 2. The fraction of sp³-hybridized carbons (Fsp3) is 0.176. The predicted octanol–water partition coefficient (Wildman–Crippen LogP) is 2.87. The van der Waals surface area contributed by atoms with Gasteiger partial charge in [0.2, 0.25) is 0 Å². The summed E-state index contributed by atoms with van der Waals surface area (Å²) in [6.45, 7) is 1.58. The number of carbonyl (C=O) groups is 3. The Morgan fingerprint density at radius 2 is 1.96 bits per heavy atom. The minimum atomic E-state index is -0.674. The van der Waals surface area contributed by atoms with E-state index in [2.05, 4.69) is 15.5 Å². The number of nitrogens with one attached hydrogen (secondary N) is 2. The number of H-pyrrole nitrogens is 1. The van der Waals surface area contributed by atoms with Crippen LogP contribution in [-0.2, 0) is 9.47 Å². The van der Waals surface area contributed by atoms with Gasteiger partial charge in [0.1, 0.15) is 15.6 Å². The smallest absolute Gasteiger partial charge is 0.348 e. The molecule has 0 bridgehead atoms. The lowest BCUT2D eigenvalue weighted by atomic mass is 10.1. The molecule has 0 aliphatic heterocycles. The molecule has 2 N–H and O–H groups in total. The topological polar surface area (TPSA) is 124 Å². The third kappa shape index (κ3) is 3.47. The molecule has 0 aliphatic carbocycles. The first-order valence-electron chi connectivity index (χ1n) is 7.67. The van der Waals surface area contributed by atoms with Crippen LogP contribution in [0.15, 0.2) is 28.9 Å². The van der Waals surface area contributed by atoms with E-state index in [1.54, 1.807) is 19.1 Å². The lowest BCUT2D eigenvalue weighted by Gasteiger charge is -2.04. The molecule has 3 rings (SSSR count). The van der Waals surface area contributed by atoms with Gasteiger partial charge in [0.05, 0.1) is 26.0 Å². The van der Waals surface area contributed by atoms with Crippen molar-refractivity contribution in [2.24, 2.45) is 0 Å². The molecular formula is C17H15N3O6S. The number of hydrogen-bond donors (Lipinski definition) is 2. The van der Waals surface area contributed by atoms with Crippen molar-refractivity contribution in [3.63, 3.8) is 0 Å². The van der Waals surface area contributed by atoms with Crippen molar-refractivity contribution in [3.05, 3.63) is 46.2 Å². The highest BCUT2D eigenvalue weighted by atomic mass is 32.1. The number of amides is 1. The van der Waals surface area contributed by atoms with Crippen LogP contribution in [0, 0.1) is 6.92 Å². The number of hydrogen-bond acceptors (Lipinski definition) is 8. The van der Waals surface area contributed by atoms with Crippen molar-refractivity contribution in [3.8, 4) is 11.5 Å². The summed E-state index contributed by atoms with van der Waals surface area (Å²) in [5.74, 6) is -1.32. The van der Waals surface area contributed by atoms with E-state index in [-0.39, 0.29) is 21.1 Å². The normalized spacial score (nSPS) is 10.5. The highest BCUT2D eigenvalue weighted by Crippen LogP contribution is 2.34. The number of anilines is 1. The van der Waals surface area contributed by atoms with Gasteiger partial charge in [-0.05, 0) is 24.6 Å². The molecule has 27 heavy (non-hydrogen) atoms. The number of aromatic amines is 1. The first-order chi connectivity index (χ1) is 13.0. The van der Waals surface area contributed by atoms with Gasteiger partial charge in [0, 0.05) is 6.07 Å². The number of nitrogens with zero attached hydrogens (tertiary/aromatic N) is 1. The van der Waals surface area contributed by atoms with Crippen LogP contribution in [0.2, 0.25) is 0 Å². The molecule has 3 aromatic heterocycles. The number of furan rings is 1. The van der Waals surface area contributed by atoms with Gasteiger partial charge in [0.15, 0.2) is 11.5 Å². The standard InChI is InChI=1S/C17H15N3O6S/c1-8-12(16(22)24-2)15(27-13(8)17(23)25-3)18-14(21)10-7-9(19-20-10)11-5-4-6-26-11/h4-7H,1-3H3,(H,18,21)(H,19,20).